The van der Waals surface area contributed by atoms with E-state index in [2.05, 4.69) is 16.0 Å². The molecule has 0 bridgehead atoms. The van der Waals surface area contributed by atoms with Gasteiger partial charge in [0.25, 0.3) is 0 Å². The van der Waals surface area contributed by atoms with Gasteiger partial charge in [-0.1, -0.05) is 27.2 Å². The molecule has 17 heteroatoms. The van der Waals surface area contributed by atoms with E-state index in [1.54, 1.807) is 6.92 Å². The molecule has 0 heterocycles. The van der Waals surface area contributed by atoms with Crippen molar-refractivity contribution in [3.05, 3.63) is 0 Å². The topological polar surface area (TPSA) is 288 Å². The van der Waals surface area contributed by atoms with E-state index >= 15 is 0 Å². The Morgan fingerprint density at radius 3 is 1.37 bits per heavy atom. The second-order valence-electron chi connectivity index (χ2n) is 12.8. The van der Waals surface area contributed by atoms with E-state index in [-0.39, 0.29) is 62.4 Å². The van der Waals surface area contributed by atoms with Gasteiger partial charge in [-0.3, -0.25) is 38.4 Å². The van der Waals surface area contributed by atoms with Gasteiger partial charge in [0.2, 0.25) is 17.7 Å². The van der Waals surface area contributed by atoms with Crippen molar-refractivity contribution in [1.29, 1.82) is 0 Å². The highest BCUT2D eigenvalue weighted by molar-refractivity contribution is 5.88. The van der Waals surface area contributed by atoms with Gasteiger partial charge in [0, 0.05) is 63.8 Å². The van der Waals surface area contributed by atoms with E-state index in [1.165, 1.54) is 0 Å². The lowest BCUT2D eigenvalue weighted by Gasteiger charge is -2.17. The van der Waals surface area contributed by atoms with Crippen LogP contribution in [0.15, 0.2) is 0 Å². The zero-order valence-electron chi connectivity index (χ0n) is 30.3. The number of carbonyl (C=O) groups is 10. The Labute approximate surface area is 303 Å². The predicted octanol–water partition coefficient (Wildman–Crippen LogP) is 2.27. The van der Waals surface area contributed by atoms with Crippen molar-refractivity contribution in [1.82, 2.24) is 16.0 Å². The van der Waals surface area contributed by atoms with Crippen LogP contribution in [0.5, 0.6) is 0 Å². The predicted molar refractivity (Wildman–Crippen MR) is 184 cm³/mol. The highest BCUT2D eigenvalue weighted by Gasteiger charge is 2.28. The van der Waals surface area contributed by atoms with Crippen LogP contribution in [-0.4, -0.2) is 98.0 Å². The number of nitrogens with one attached hydrogen (secondary N) is 3. The van der Waals surface area contributed by atoms with E-state index in [0.29, 0.717) is 19.4 Å². The fourth-order valence-electron chi connectivity index (χ4n) is 5.37. The Morgan fingerprint density at radius 2 is 0.942 bits per heavy atom. The molecule has 7 N–H and O–H groups in total. The molecule has 0 unspecified atom stereocenters. The minimum atomic E-state index is -1.53. The minimum absolute atomic E-state index is 0.00476. The lowest BCUT2D eigenvalue weighted by molar-refractivity contribution is -0.145. The molecule has 5 atom stereocenters. The summed E-state index contributed by atoms with van der Waals surface area (Å²) in [5.41, 5.74) is 0. The summed E-state index contributed by atoms with van der Waals surface area (Å²) in [4.78, 5) is 119. The molecule has 0 spiro atoms. The summed E-state index contributed by atoms with van der Waals surface area (Å²) in [6.07, 6.45) is -0.00812. The monoisotopic (exact) mass is 741 g/mol. The highest BCUT2D eigenvalue weighted by Crippen LogP contribution is 2.17. The third kappa shape index (κ3) is 20.8. The number of unbranched alkanes of at least 4 members (excludes halogenated alkanes) is 1. The van der Waals surface area contributed by atoms with Gasteiger partial charge < -0.3 is 36.4 Å². The van der Waals surface area contributed by atoms with Gasteiger partial charge in [-0.05, 0) is 44.9 Å². The van der Waals surface area contributed by atoms with Gasteiger partial charge in [-0.25, -0.2) is 9.59 Å². The number of hydrogen-bond donors (Lipinski definition) is 7. The SMILES string of the molecule is CCC(=O)C[C@@H](CCC(=O)N[C@@H](CCC(=O)C[C@@H](CCC(=O)N[C@@H](CCC(=O)NCCCC[C@H](CC)C(=O)CC)C(=O)O)C(=O)O)C(=O)O)C(=O)O. The van der Waals surface area contributed by atoms with E-state index < -0.39 is 97.0 Å². The molecule has 3 amide bonds. The first-order valence-electron chi connectivity index (χ1n) is 17.8. The number of amides is 3. The third-order valence-corrected chi connectivity index (χ3v) is 8.72. The second kappa shape index (κ2) is 26.1. The number of rotatable bonds is 31. The van der Waals surface area contributed by atoms with Gasteiger partial charge in [-0.15, -0.1) is 0 Å². The molecule has 0 radical (unpaired) electrons. The molecule has 294 valence electrons. The maximum Gasteiger partial charge on any atom is 0.326 e. The van der Waals surface area contributed by atoms with Crippen LogP contribution in [0, 0.1) is 17.8 Å². The Kier molecular flexibility index (Phi) is 23.8. The van der Waals surface area contributed by atoms with Crippen molar-refractivity contribution in [3.63, 3.8) is 0 Å². The van der Waals surface area contributed by atoms with E-state index in [0.717, 1.165) is 19.3 Å². The summed E-state index contributed by atoms with van der Waals surface area (Å²) in [6, 6.07) is -2.96. The smallest absolute Gasteiger partial charge is 0.326 e. The van der Waals surface area contributed by atoms with E-state index in [1.807, 2.05) is 13.8 Å². The zero-order chi connectivity index (χ0) is 39.8. The summed E-state index contributed by atoms with van der Waals surface area (Å²) < 4.78 is 0. The maximum absolute atomic E-state index is 12.6. The first-order chi connectivity index (χ1) is 24.4. The Morgan fingerprint density at radius 1 is 0.481 bits per heavy atom. The highest BCUT2D eigenvalue weighted by atomic mass is 16.4. The number of carbonyl (C=O) groups excluding carboxylic acids is 6. The molecule has 0 rings (SSSR count). The van der Waals surface area contributed by atoms with Crippen LogP contribution in [0.3, 0.4) is 0 Å². The van der Waals surface area contributed by atoms with Crippen LogP contribution >= 0.6 is 0 Å². The summed E-state index contributed by atoms with van der Waals surface area (Å²) in [5.74, 6) is -10.8. The summed E-state index contributed by atoms with van der Waals surface area (Å²) in [7, 11) is 0. The molecule has 0 saturated carbocycles. The Bertz CT molecular complexity index is 1270. The normalized spacial score (nSPS) is 13.8. The van der Waals surface area contributed by atoms with Gasteiger partial charge >= 0.3 is 23.9 Å². The fraction of sp³-hybridized carbons (Fsp3) is 0.714. The molecule has 52 heavy (non-hydrogen) atoms. The Hall–Kier alpha value is -4.70. The average Bonchev–Trinajstić information content (AvgIpc) is 3.08. The van der Waals surface area contributed by atoms with Gasteiger partial charge in [0.15, 0.2) is 0 Å². The molecule has 0 fully saturated rings. The first-order valence-corrected chi connectivity index (χ1v) is 17.8. The summed E-state index contributed by atoms with van der Waals surface area (Å²) >= 11 is 0. The van der Waals surface area contributed by atoms with Crippen LogP contribution in [0.25, 0.3) is 0 Å². The molecule has 0 aromatic rings. The lowest BCUT2D eigenvalue weighted by Crippen LogP contribution is -2.42. The first kappa shape index (κ1) is 47.3. The summed E-state index contributed by atoms with van der Waals surface area (Å²) in [5, 5.41) is 45.0. The van der Waals surface area contributed by atoms with Crippen molar-refractivity contribution in [2.24, 2.45) is 17.8 Å². The molecule has 0 aromatic carbocycles. The standard InChI is InChI=1S/C35H55N3O14/c1-4-21(28(41)6-3)9-7-8-18-36-29(42)17-14-27(35(51)52)38-31(44)16-11-23(33(47)48)20-25(40)12-13-26(34(49)50)37-30(43)15-10-22(32(45)46)19-24(39)5-2/h21-23,26-27H,4-20H2,1-3H3,(H,36,42)(H,37,43)(H,38,44)(H,45,46)(H,47,48)(H,49,50)(H,51,52)/t21-,22+,23+,26-,27-/m0/s1. The maximum atomic E-state index is 12.6. The number of carboxylic acid groups (broad SMARTS) is 4. The summed E-state index contributed by atoms with van der Waals surface area (Å²) in [6.45, 7) is 5.68. The van der Waals surface area contributed by atoms with Crippen molar-refractivity contribution in [3.8, 4) is 0 Å². The molecular weight excluding hydrogens is 686 g/mol. The van der Waals surface area contributed by atoms with Crippen LogP contribution < -0.4 is 16.0 Å². The zero-order valence-corrected chi connectivity index (χ0v) is 30.3. The molecule has 0 aliphatic carbocycles. The van der Waals surface area contributed by atoms with E-state index in [9.17, 15) is 68.4 Å². The van der Waals surface area contributed by atoms with E-state index in [4.69, 9.17) is 0 Å². The number of ketones is 3. The molecule has 0 saturated heterocycles. The van der Waals surface area contributed by atoms with Crippen LogP contribution in [0.1, 0.15) is 124 Å². The number of Topliss-reactive ketones (excluding diaryl/α,β-unsaturated/α-hetero) is 3. The van der Waals surface area contributed by atoms with Crippen molar-refractivity contribution >= 4 is 58.9 Å². The Balaban J connectivity index is 4.81. The second-order valence-corrected chi connectivity index (χ2v) is 12.8. The molecule has 17 nitrogen and oxygen atoms in total. The van der Waals surface area contributed by atoms with Crippen LogP contribution in [0.2, 0.25) is 0 Å². The van der Waals surface area contributed by atoms with Crippen molar-refractivity contribution in [2.75, 3.05) is 6.54 Å². The van der Waals surface area contributed by atoms with Gasteiger partial charge in [-0.2, -0.15) is 0 Å². The molecule has 0 aliphatic rings. The molecule has 0 aromatic heterocycles. The quantitative estimate of drug-likeness (QED) is 0.0502. The van der Waals surface area contributed by atoms with Gasteiger partial charge in [0.05, 0.1) is 11.8 Å². The largest absolute Gasteiger partial charge is 0.481 e. The number of hydrogen-bond acceptors (Lipinski definition) is 10. The third-order valence-electron chi connectivity index (χ3n) is 8.72. The van der Waals surface area contributed by atoms with Crippen LogP contribution in [-0.2, 0) is 47.9 Å². The molecule has 0 aliphatic heterocycles. The minimum Gasteiger partial charge on any atom is -0.481 e. The number of aliphatic carboxylic acids is 4. The fourth-order valence-corrected chi connectivity index (χ4v) is 5.37. The number of carboxylic acids is 4. The molecular formula is C35H55N3O14. The van der Waals surface area contributed by atoms with Crippen molar-refractivity contribution in [2.45, 2.75) is 136 Å². The lowest BCUT2D eigenvalue weighted by atomic mass is 9.93. The van der Waals surface area contributed by atoms with Gasteiger partial charge in [0.1, 0.15) is 29.4 Å². The van der Waals surface area contributed by atoms with Crippen LogP contribution in [0.4, 0.5) is 0 Å². The van der Waals surface area contributed by atoms with Crippen molar-refractivity contribution < 1.29 is 68.4 Å². The average molecular weight is 742 g/mol.